The molecule has 0 saturated carbocycles. The molecule has 1 saturated heterocycles. The van der Waals surface area contributed by atoms with Crippen LogP contribution in [-0.2, 0) is 4.79 Å². The minimum atomic E-state index is 0.214. The fraction of sp³-hybridized carbons (Fsp3) is 0.385. The van der Waals surface area contributed by atoms with E-state index in [4.69, 9.17) is 0 Å². The number of hydrogen-bond acceptors (Lipinski definition) is 2. The Morgan fingerprint density at radius 2 is 2.38 bits per heavy atom. The van der Waals surface area contributed by atoms with E-state index in [0.29, 0.717) is 13.0 Å². The summed E-state index contributed by atoms with van der Waals surface area (Å²) in [6.45, 7) is 3.36. The fourth-order valence-corrected chi connectivity index (χ4v) is 1.64. The lowest BCUT2D eigenvalue weighted by Crippen LogP contribution is -2.24. The highest BCUT2D eigenvalue weighted by Gasteiger charge is 2.18. The van der Waals surface area contributed by atoms with Crippen molar-refractivity contribution in [3.8, 4) is 11.8 Å². The monoisotopic (exact) mass is 214 g/mol. The molecule has 0 bridgehead atoms. The summed E-state index contributed by atoms with van der Waals surface area (Å²) in [5.41, 5.74) is 1.89. The lowest BCUT2D eigenvalue weighted by atomic mass is 10.3. The number of carbonyl (C=O) groups excluding carboxylic acids is 1. The topological polar surface area (TPSA) is 33.2 Å². The first-order chi connectivity index (χ1) is 7.75. The van der Waals surface area contributed by atoms with Gasteiger partial charge in [0.2, 0.25) is 5.91 Å². The number of nitrogens with zero attached hydrogens (tertiary/aromatic N) is 2. The van der Waals surface area contributed by atoms with Crippen molar-refractivity contribution in [2.45, 2.75) is 19.8 Å². The van der Waals surface area contributed by atoms with Crippen LogP contribution >= 0.6 is 0 Å². The quantitative estimate of drug-likeness (QED) is 0.661. The van der Waals surface area contributed by atoms with Gasteiger partial charge in [-0.05, 0) is 30.9 Å². The fourth-order valence-electron chi connectivity index (χ4n) is 1.64. The van der Waals surface area contributed by atoms with Crippen molar-refractivity contribution in [3.05, 3.63) is 29.6 Å². The van der Waals surface area contributed by atoms with Gasteiger partial charge in [0.05, 0.1) is 6.54 Å². The summed E-state index contributed by atoms with van der Waals surface area (Å²) in [6.07, 6.45) is 3.43. The minimum absolute atomic E-state index is 0.214. The van der Waals surface area contributed by atoms with Crippen LogP contribution in [0.15, 0.2) is 18.3 Å². The normalized spacial score (nSPS) is 14.8. The molecule has 0 atom stereocenters. The summed E-state index contributed by atoms with van der Waals surface area (Å²) in [5.74, 6) is 6.16. The van der Waals surface area contributed by atoms with E-state index in [1.54, 1.807) is 11.1 Å². The molecule has 1 aliphatic heterocycles. The molecular formula is C13H14N2O. The Morgan fingerprint density at radius 3 is 3.00 bits per heavy atom. The van der Waals surface area contributed by atoms with Gasteiger partial charge in [-0.15, -0.1) is 0 Å². The van der Waals surface area contributed by atoms with Crippen LogP contribution in [0.4, 0.5) is 0 Å². The zero-order valence-electron chi connectivity index (χ0n) is 9.36. The number of rotatable bonds is 1. The molecule has 1 aromatic heterocycles. The van der Waals surface area contributed by atoms with Crippen LogP contribution in [0.25, 0.3) is 0 Å². The number of carbonyl (C=O) groups is 1. The van der Waals surface area contributed by atoms with E-state index >= 15 is 0 Å². The lowest BCUT2D eigenvalue weighted by Gasteiger charge is -2.09. The minimum Gasteiger partial charge on any atom is -0.332 e. The van der Waals surface area contributed by atoms with Crippen molar-refractivity contribution in [2.75, 3.05) is 13.1 Å². The van der Waals surface area contributed by atoms with Gasteiger partial charge in [0, 0.05) is 19.2 Å². The second-order valence-corrected chi connectivity index (χ2v) is 3.94. The van der Waals surface area contributed by atoms with E-state index in [2.05, 4.69) is 16.8 Å². The number of hydrogen-bond donors (Lipinski definition) is 0. The van der Waals surface area contributed by atoms with Crippen LogP contribution in [0.2, 0.25) is 0 Å². The first kappa shape index (κ1) is 10.7. The van der Waals surface area contributed by atoms with Gasteiger partial charge in [0.1, 0.15) is 5.69 Å². The van der Waals surface area contributed by atoms with Crippen molar-refractivity contribution >= 4 is 5.91 Å². The largest absolute Gasteiger partial charge is 0.332 e. The Labute approximate surface area is 95.5 Å². The second-order valence-electron chi connectivity index (χ2n) is 3.94. The highest BCUT2D eigenvalue weighted by atomic mass is 16.2. The smallest absolute Gasteiger partial charge is 0.223 e. The SMILES string of the molecule is Cc1ccc(C#CCN2CCCC2=O)nc1. The summed E-state index contributed by atoms with van der Waals surface area (Å²) in [7, 11) is 0. The van der Waals surface area contributed by atoms with Gasteiger partial charge in [0.15, 0.2) is 0 Å². The highest BCUT2D eigenvalue weighted by Crippen LogP contribution is 2.07. The average molecular weight is 214 g/mol. The summed E-state index contributed by atoms with van der Waals surface area (Å²) < 4.78 is 0. The molecule has 1 aromatic rings. The molecular weight excluding hydrogens is 200 g/mol. The van der Waals surface area contributed by atoms with E-state index in [1.807, 2.05) is 19.1 Å². The van der Waals surface area contributed by atoms with Crippen LogP contribution in [0.1, 0.15) is 24.1 Å². The van der Waals surface area contributed by atoms with Crippen molar-refractivity contribution in [2.24, 2.45) is 0 Å². The van der Waals surface area contributed by atoms with Crippen molar-refractivity contribution < 1.29 is 4.79 Å². The van der Waals surface area contributed by atoms with Crippen LogP contribution in [0.3, 0.4) is 0 Å². The highest BCUT2D eigenvalue weighted by molar-refractivity contribution is 5.78. The molecule has 0 unspecified atom stereocenters. The summed E-state index contributed by atoms with van der Waals surface area (Å²) in [4.78, 5) is 17.3. The predicted molar refractivity (Wildman–Crippen MR) is 61.7 cm³/mol. The van der Waals surface area contributed by atoms with Crippen LogP contribution in [0, 0.1) is 18.8 Å². The van der Waals surface area contributed by atoms with Crippen LogP contribution in [0.5, 0.6) is 0 Å². The number of aromatic nitrogens is 1. The zero-order chi connectivity index (χ0) is 11.4. The maximum atomic E-state index is 11.3. The van der Waals surface area contributed by atoms with Gasteiger partial charge in [-0.2, -0.15) is 0 Å². The molecule has 0 aliphatic carbocycles. The Balaban J connectivity index is 1.95. The molecule has 16 heavy (non-hydrogen) atoms. The molecule has 0 radical (unpaired) electrons. The second kappa shape index (κ2) is 4.80. The van der Waals surface area contributed by atoms with Gasteiger partial charge < -0.3 is 4.90 Å². The molecule has 0 aromatic carbocycles. The summed E-state index contributed by atoms with van der Waals surface area (Å²) in [6, 6.07) is 3.88. The molecule has 2 rings (SSSR count). The Hall–Kier alpha value is -1.82. The van der Waals surface area contributed by atoms with Gasteiger partial charge in [-0.3, -0.25) is 4.79 Å². The number of pyridine rings is 1. The Morgan fingerprint density at radius 1 is 1.50 bits per heavy atom. The van der Waals surface area contributed by atoms with Crippen LogP contribution in [-0.4, -0.2) is 28.9 Å². The molecule has 0 spiro atoms. The lowest BCUT2D eigenvalue weighted by molar-refractivity contribution is -0.127. The van der Waals surface area contributed by atoms with E-state index in [-0.39, 0.29) is 5.91 Å². The Bertz CT molecular complexity index is 439. The van der Waals surface area contributed by atoms with Crippen molar-refractivity contribution in [1.29, 1.82) is 0 Å². The first-order valence-electron chi connectivity index (χ1n) is 5.45. The molecule has 2 heterocycles. The molecule has 82 valence electrons. The third kappa shape index (κ3) is 2.60. The molecule has 0 N–H and O–H groups in total. The van der Waals surface area contributed by atoms with E-state index in [0.717, 1.165) is 24.2 Å². The van der Waals surface area contributed by atoms with Gasteiger partial charge >= 0.3 is 0 Å². The molecule has 1 aliphatic rings. The molecule has 3 heteroatoms. The van der Waals surface area contributed by atoms with Crippen LogP contribution < -0.4 is 0 Å². The zero-order valence-corrected chi connectivity index (χ0v) is 9.36. The predicted octanol–water partition coefficient (Wildman–Crippen LogP) is 1.36. The number of amides is 1. The number of aryl methyl sites for hydroxylation is 1. The summed E-state index contributed by atoms with van der Waals surface area (Å²) >= 11 is 0. The summed E-state index contributed by atoms with van der Waals surface area (Å²) in [5, 5.41) is 0. The average Bonchev–Trinajstić information content (AvgIpc) is 2.68. The first-order valence-corrected chi connectivity index (χ1v) is 5.45. The third-order valence-electron chi connectivity index (χ3n) is 2.57. The van der Waals surface area contributed by atoms with Gasteiger partial charge in [-0.1, -0.05) is 12.0 Å². The van der Waals surface area contributed by atoms with Crippen molar-refractivity contribution in [1.82, 2.24) is 9.88 Å². The van der Waals surface area contributed by atoms with Crippen molar-refractivity contribution in [3.63, 3.8) is 0 Å². The van der Waals surface area contributed by atoms with E-state index in [1.165, 1.54) is 0 Å². The van der Waals surface area contributed by atoms with Gasteiger partial charge in [-0.25, -0.2) is 4.98 Å². The maximum Gasteiger partial charge on any atom is 0.223 e. The standard InChI is InChI=1S/C13H14N2O/c1-11-6-7-12(14-10-11)4-2-8-15-9-3-5-13(15)16/h6-7,10H,3,5,8-9H2,1H3. The third-order valence-corrected chi connectivity index (χ3v) is 2.57. The number of likely N-dealkylation sites (tertiary alicyclic amines) is 1. The molecule has 1 fully saturated rings. The molecule has 1 amide bonds. The van der Waals surface area contributed by atoms with E-state index in [9.17, 15) is 4.79 Å². The van der Waals surface area contributed by atoms with Gasteiger partial charge in [0.25, 0.3) is 0 Å². The maximum absolute atomic E-state index is 11.3. The Kier molecular flexibility index (Phi) is 3.21. The van der Waals surface area contributed by atoms with E-state index < -0.39 is 0 Å². The molecule has 3 nitrogen and oxygen atoms in total.